The molecule has 0 fully saturated rings. The van der Waals surface area contributed by atoms with E-state index in [-0.39, 0.29) is 17.9 Å². The van der Waals surface area contributed by atoms with Crippen molar-refractivity contribution in [3.05, 3.63) is 89.5 Å². The zero-order valence-corrected chi connectivity index (χ0v) is 24.3. The predicted molar refractivity (Wildman–Crippen MR) is 157 cm³/mol. The number of rotatable bonds is 10. The molecule has 1 N–H and O–H groups in total. The lowest BCUT2D eigenvalue weighted by atomic mass is 9.92. The molecule has 0 aromatic heterocycles. The molecule has 4 rings (SSSR count). The molecule has 0 bridgehead atoms. The smallest absolute Gasteiger partial charge is 0.308 e. The Morgan fingerprint density at radius 1 is 1.02 bits per heavy atom. The van der Waals surface area contributed by atoms with Gasteiger partial charge in [-0.2, -0.15) is 4.31 Å². The summed E-state index contributed by atoms with van der Waals surface area (Å²) in [4.78, 5) is 27.9. The Morgan fingerprint density at radius 2 is 1.70 bits per heavy atom. The summed E-state index contributed by atoms with van der Waals surface area (Å²) >= 11 is 0. The number of sulfonamides is 1. The highest BCUT2D eigenvalue weighted by Gasteiger charge is 2.37. The van der Waals surface area contributed by atoms with Crippen LogP contribution >= 0.6 is 0 Å². The van der Waals surface area contributed by atoms with E-state index in [1.807, 2.05) is 55.5 Å². The standard InChI is InChI=1S/C31H37N3O5S/c1-5-33(22(2)3)26-14-12-25(13-15-26)32-30(35)21-39-31(36)20-29-28-9-7-6-8-24(28)18-19-34(29)40(37,38)27-16-10-23(4)11-17-27/h6-17,22,29H,5,18-21H2,1-4H3,(H,32,35). The SMILES string of the molecule is CCN(c1ccc(NC(=O)COC(=O)CC2c3ccccc3CCN2S(=O)(=O)c2ccc(C)cc2)cc1)C(C)C. The summed E-state index contributed by atoms with van der Waals surface area (Å²) in [5.41, 5.74) is 4.38. The normalized spacial score (nSPS) is 15.4. The predicted octanol–water partition coefficient (Wildman–Crippen LogP) is 5.09. The van der Waals surface area contributed by atoms with Crippen LogP contribution in [0.1, 0.15) is 49.9 Å². The third-order valence-corrected chi connectivity index (χ3v) is 9.08. The number of amides is 1. The Labute approximate surface area is 237 Å². The lowest BCUT2D eigenvalue weighted by molar-refractivity contribution is -0.148. The Kier molecular flexibility index (Phi) is 9.27. The average molecular weight is 564 g/mol. The second-order valence-corrected chi connectivity index (χ2v) is 12.1. The molecule has 0 saturated carbocycles. The van der Waals surface area contributed by atoms with Crippen molar-refractivity contribution in [3.8, 4) is 0 Å². The summed E-state index contributed by atoms with van der Waals surface area (Å²) in [5, 5.41) is 2.75. The van der Waals surface area contributed by atoms with Crippen LogP contribution in [0.2, 0.25) is 0 Å². The van der Waals surface area contributed by atoms with Gasteiger partial charge in [-0.3, -0.25) is 9.59 Å². The van der Waals surface area contributed by atoms with Gasteiger partial charge in [0, 0.05) is 30.5 Å². The summed E-state index contributed by atoms with van der Waals surface area (Å²) in [7, 11) is -3.86. The minimum atomic E-state index is -3.86. The zero-order chi connectivity index (χ0) is 28.9. The zero-order valence-electron chi connectivity index (χ0n) is 23.5. The third kappa shape index (κ3) is 6.71. The molecular weight excluding hydrogens is 526 g/mol. The van der Waals surface area contributed by atoms with Crippen molar-refractivity contribution in [1.29, 1.82) is 0 Å². The summed E-state index contributed by atoms with van der Waals surface area (Å²) < 4.78 is 33.9. The molecule has 1 aliphatic rings. The molecule has 9 heteroatoms. The number of ether oxygens (including phenoxy) is 1. The molecule has 0 saturated heterocycles. The van der Waals surface area contributed by atoms with Crippen molar-refractivity contribution in [3.63, 3.8) is 0 Å². The molecule has 0 spiro atoms. The first-order valence-electron chi connectivity index (χ1n) is 13.6. The number of fused-ring (bicyclic) bond motifs is 1. The maximum atomic E-state index is 13.6. The van der Waals surface area contributed by atoms with Crippen molar-refractivity contribution >= 4 is 33.3 Å². The van der Waals surface area contributed by atoms with Gasteiger partial charge < -0.3 is 15.0 Å². The molecule has 8 nitrogen and oxygen atoms in total. The van der Waals surface area contributed by atoms with E-state index in [2.05, 4.69) is 31.0 Å². The monoisotopic (exact) mass is 563 g/mol. The third-order valence-electron chi connectivity index (χ3n) is 7.16. The number of carbonyl (C=O) groups is 2. The van der Waals surface area contributed by atoms with E-state index in [0.717, 1.165) is 28.9 Å². The molecule has 1 heterocycles. The number of nitrogens with zero attached hydrogens (tertiary/aromatic N) is 2. The van der Waals surface area contributed by atoms with Gasteiger partial charge in [-0.1, -0.05) is 42.0 Å². The van der Waals surface area contributed by atoms with Crippen molar-refractivity contribution < 1.29 is 22.7 Å². The molecule has 1 atom stereocenters. The van der Waals surface area contributed by atoms with E-state index >= 15 is 0 Å². The summed E-state index contributed by atoms with van der Waals surface area (Å²) in [5.74, 6) is -1.11. The molecule has 0 radical (unpaired) electrons. The van der Waals surface area contributed by atoms with E-state index in [9.17, 15) is 18.0 Å². The highest BCUT2D eigenvalue weighted by atomic mass is 32.2. The minimum absolute atomic E-state index is 0.177. The first-order chi connectivity index (χ1) is 19.1. The van der Waals surface area contributed by atoms with E-state index in [1.165, 1.54) is 4.31 Å². The highest BCUT2D eigenvalue weighted by molar-refractivity contribution is 7.89. The molecule has 3 aromatic rings. The Hall–Kier alpha value is -3.69. The number of benzene rings is 3. The number of aryl methyl sites for hydroxylation is 1. The lowest BCUT2D eigenvalue weighted by Gasteiger charge is -2.36. The van der Waals surface area contributed by atoms with Crippen LogP contribution in [-0.2, 0) is 30.8 Å². The summed E-state index contributed by atoms with van der Waals surface area (Å²) in [6.07, 6.45) is 0.341. The average Bonchev–Trinajstić information content (AvgIpc) is 2.93. The highest BCUT2D eigenvalue weighted by Crippen LogP contribution is 2.36. The van der Waals surface area contributed by atoms with Crippen LogP contribution in [0.15, 0.2) is 77.7 Å². The number of carbonyl (C=O) groups excluding carboxylic acids is 2. The molecule has 0 aliphatic carbocycles. The van der Waals surface area contributed by atoms with Crippen molar-refractivity contribution in [1.82, 2.24) is 4.31 Å². The van der Waals surface area contributed by atoms with Crippen molar-refractivity contribution in [2.75, 3.05) is 29.9 Å². The lowest BCUT2D eigenvalue weighted by Crippen LogP contribution is -2.41. The first kappa shape index (κ1) is 29.3. The van der Waals surface area contributed by atoms with Gasteiger partial charge in [0.05, 0.1) is 17.4 Å². The molecule has 1 unspecified atom stereocenters. The van der Waals surface area contributed by atoms with Crippen LogP contribution in [0.4, 0.5) is 11.4 Å². The number of anilines is 2. The largest absolute Gasteiger partial charge is 0.456 e. The van der Waals surface area contributed by atoms with Crippen LogP contribution in [0, 0.1) is 6.92 Å². The molecule has 1 aliphatic heterocycles. The maximum Gasteiger partial charge on any atom is 0.308 e. The molecule has 3 aromatic carbocycles. The number of esters is 1. The fourth-order valence-electron chi connectivity index (χ4n) is 5.12. The Bertz CT molecular complexity index is 1440. The van der Waals surface area contributed by atoms with Gasteiger partial charge in [-0.15, -0.1) is 0 Å². The van der Waals surface area contributed by atoms with Crippen molar-refractivity contribution in [2.45, 2.75) is 57.5 Å². The second-order valence-electron chi connectivity index (χ2n) is 10.2. The van der Waals surface area contributed by atoms with Gasteiger partial charge in [0.15, 0.2) is 6.61 Å². The number of nitrogens with one attached hydrogen (secondary N) is 1. The van der Waals surface area contributed by atoms with E-state index in [4.69, 9.17) is 4.74 Å². The maximum absolute atomic E-state index is 13.6. The Morgan fingerprint density at radius 3 is 2.35 bits per heavy atom. The van der Waals surface area contributed by atoms with E-state index in [0.29, 0.717) is 18.2 Å². The van der Waals surface area contributed by atoms with Crippen LogP contribution in [0.5, 0.6) is 0 Å². The molecule has 1 amide bonds. The topological polar surface area (TPSA) is 96.0 Å². The fraction of sp³-hybridized carbons (Fsp3) is 0.355. The van der Waals surface area contributed by atoms with Gasteiger partial charge in [0.25, 0.3) is 5.91 Å². The molecule has 212 valence electrons. The van der Waals surface area contributed by atoms with Gasteiger partial charge in [-0.05, 0) is 81.6 Å². The van der Waals surface area contributed by atoms with Gasteiger partial charge in [0.2, 0.25) is 10.0 Å². The molecular formula is C31H37N3O5S. The van der Waals surface area contributed by atoms with Crippen LogP contribution in [0.25, 0.3) is 0 Å². The summed E-state index contributed by atoms with van der Waals surface area (Å²) in [6, 6.07) is 21.3. The van der Waals surface area contributed by atoms with Crippen molar-refractivity contribution in [2.24, 2.45) is 0 Å². The van der Waals surface area contributed by atoms with Gasteiger partial charge in [-0.25, -0.2) is 8.42 Å². The van der Waals surface area contributed by atoms with E-state index < -0.39 is 34.5 Å². The van der Waals surface area contributed by atoms with Gasteiger partial charge in [0.1, 0.15) is 0 Å². The number of hydrogen-bond acceptors (Lipinski definition) is 6. The van der Waals surface area contributed by atoms with Crippen LogP contribution in [0.3, 0.4) is 0 Å². The number of hydrogen-bond donors (Lipinski definition) is 1. The summed E-state index contributed by atoms with van der Waals surface area (Å²) in [6.45, 7) is 8.87. The van der Waals surface area contributed by atoms with Crippen LogP contribution in [-0.4, -0.2) is 50.3 Å². The van der Waals surface area contributed by atoms with Crippen LogP contribution < -0.4 is 10.2 Å². The quantitative estimate of drug-likeness (QED) is 0.345. The second kappa shape index (κ2) is 12.7. The first-order valence-corrected chi connectivity index (χ1v) is 15.0. The fourth-order valence-corrected chi connectivity index (χ4v) is 6.72. The minimum Gasteiger partial charge on any atom is -0.456 e. The van der Waals surface area contributed by atoms with E-state index in [1.54, 1.807) is 24.3 Å². The van der Waals surface area contributed by atoms with Gasteiger partial charge >= 0.3 is 5.97 Å². The Balaban J connectivity index is 1.42. The molecule has 40 heavy (non-hydrogen) atoms.